The summed E-state index contributed by atoms with van der Waals surface area (Å²) in [5, 5.41) is 12.7. The first-order chi connectivity index (χ1) is 11.7. The molecule has 0 aliphatic carbocycles. The van der Waals surface area contributed by atoms with Gasteiger partial charge in [-0.3, -0.25) is 4.79 Å². The molecule has 8 nitrogen and oxygen atoms in total. The number of carboxylic acid groups (broad SMARTS) is 1. The molecule has 4 heterocycles. The summed E-state index contributed by atoms with van der Waals surface area (Å²) in [5.74, 6) is 0.177. The number of sulfonamides is 1. The van der Waals surface area contributed by atoms with Crippen LogP contribution in [0.1, 0.15) is 5.82 Å². The largest absolute Gasteiger partial charge is 0.481 e. The van der Waals surface area contributed by atoms with Crippen LogP contribution in [0.15, 0.2) is 11.4 Å². The molecular formula is C15H18N4O4S2. The minimum absolute atomic E-state index is 0.0131. The number of hydrogen-bond acceptors (Lipinski definition) is 7. The van der Waals surface area contributed by atoms with Gasteiger partial charge in [0.2, 0.25) is 10.0 Å². The number of carboxylic acids is 1. The van der Waals surface area contributed by atoms with E-state index in [1.807, 2.05) is 23.3 Å². The minimum atomic E-state index is -3.40. The Hall–Kier alpha value is -1.78. The van der Waals surface area contributed by atoms with Gasteiger partial charge in [0, 0.05) is 32.1 Å². The van der Waals surface area contributed by atoms with Crippen molar-refractivity contribution in [3.63, 3.8) is 0 Å². The number of carbonyl (C=O) groups is 1. The van der Waals surface area contributed by atoms with Crippen molar-refractivity contribution in [3.8, 4) is 0 Å². The van der Waals surface area contributed by atoms with Crippen molar-refractivity contribution in [2.45, 2.75) is 6.92 Å². The third-order valence-electron chi connectivity index (χ3n) is 5.19. The molecule has 0 amide bonds. The highest BCUT2D eigenvalue weighted by molar-refractivity contribution is 7.88. The van der Waals surface area contributed by atoms with Crippen molar-refractivity contribution in [1.29, 1.82) is 0 Å². The quantitative estimate of drug-likeness (QED) is 0.837. The predicted molar refractivity (Wildman–Crippen MR) is 94.3 cm³/mol. The summed E-state index contributed by atoms with van der Waals surface area (Å²) in [6.07, 6.45) is 1.13. The summed E-state index contributed by atoms with van der Waals surface area (Å²) in [5.41, 5.74) is -1.09. The molecule has 0 bridgehead atoms. The number of hydrogen-bond donors (Lipinski definition) is 1. The zero-order chi connectivity index (χ0) is 18.0. The lowest BCUT2D eigenvalue weighted by atomic mass is 9.81. The highest BCUT2D eigenvalue weighted by atomic mass is 32.2. The number of nitrogens with zero attached hydrogens (tertiary/aromatic N) is 4. The maximum absolute atomic E-state index is 12.1. The number of aliphatic carboxylic acids is 1. The van der Waals surface area contributed by atoms with E-state index < -0.39 is 21.4 Å². The van der Waals surface area contributed by atoms with Crippen LogP contribution in [0.25, 0.3) is 10.2 Å². The molecule has 2 fully saturated rings. The van der Waals surface area contributed by atoms with Gasteiger partial charge in [-0.25, -0.2) is 22.7 Å². The van der Waals surface area contributed by atoms with Crippen LogP contribution in [0.4, 0.5) is 5.82 Å². The van der Waals surface area contributed by atoms with Gasteiger partial charge in [-0.1, -0.05) is 0 Å². The summed E-state index contributed by atoms with van der Waals surface area (Å²) < 4.78 is 25.0. The number of rotatable bonds is 3. The maximum Gasteiger partial charge on any atom is 0.313 e. The van der Waals surface area contributed by atoms with Crippen LogP contribution in [0.2, 0.25) is 0 Å². The van der Waals surface area contributed by atoms with Crippen molar-refractivity contribution in [3.05, 3.63) is 17.3 Å². The molecule has 0 saturated carbocycles. The first kappa shape index (κ1) is 16.7. The second-order valence-corrected chi connectivity index (χ2v) is 9.71. The van der Waals surface area contributed by atoms with Gasteiger partial charge in [-0.15, -0.1) is 11.3 Å². The number of aryl methyl sites for hydroxylation is 1. The molecule has 10 heteroatoms. The number of aromatic nitrogens is 2. The Bertz CT molecular complexity index is 973. The smallest absolute Gasteiger partial charge is 0.313 e. The van der Waals surface area contributed by atoms with E-state index in [2.05, 4.69) is 9.97 Å². The Balaban J connectivity index is 1.73. The van der Waals surface area contributed by atoms with Crippen LogP contribution in [0, 0.1) is 18.3 Å². The SMILES string of the molecule is Cc1nc(N2C[C@@H]3CN(S(C)(=O)=O)C[C@]3(C(=O)O)C2)c2ccsc2n1. The van der Waals surface area contributed by atoms with E-state index >= 15 is 0 Å². The standard InChI is InChI=1S/C15H18N4O4S2/c1-9-16-12(11-3-4-24-13(11)17-9)18-5-10-6-19(25(2,22)23)8-15(10,7-18)14(20)21/h3-4,10H,5-8H2,1-2H3,(H,20,21)/t10-,15-/m1/s1. The third-order valence-corrected chi connectivity index (χ3v) is 7.21. The van der Waals surface area contributed by atoms with Crippen molar-refractivity contribution in [2.75, 3.05) is 37.3 Å². The third kappa shape index (κ3) is 2.51. The van der Waals surface area contributed by atoms with Gasteiger partial charge >= 0.3 is 5.97 Å². The Morgan fingerprint density at radius 3 is 2.76 bits per heavy atom. The average molecular weight is 382 g/mol. The molecule has 0 radical (unpaired) electrons. The van der Waals surface area contributed by atoms with Crippen molar-refractivity contribution in [2.24, 2.45) is 11.3 Å². The van der Waals surface area contributed by atoms with Gasteiger partial charge < -0.3 is 10.0 Å². The normalized spacial score (nSPS) is 27.1. The van der Waals surface area contributed by atoms with Crippen molar-refractivity contribution in [1.82, 2.24) is 14.3 Å². The first-order valence-electron chi connectivity index (χ1n) is 7.86. The van der Waals surface area contributed by atoms with Gasteiger partial charge in [-0.2, -0.15) is 0 Å². The van der Waals surface area contributed by atoms with Gasteiger partial charge in [-0.05, 0) is 18.4 Å². The molecule has 2 aliphatic rings. The summed E-state index contributed by atoms with van der Waals surface area (Å²) in [6, 6.07) is 1.94. The minimum Gasteiger partial charge on any atom is -0.481 e. The Morgan fingerprint density at radius 1 is 1.36 bits per heavy atom. The average Bonchev–Trinajstić information content (AvgIpc) is 3.16. The number of fused-ring (bicyclic) bond motifs is 2. The topological polar surface area (TPSA) is 104 Å². The molecule has 2 aromatic heterocycles. The summed E-state index contributed by atoms with van der Waals surface area (Å²) in [4.78, 5) is 23.9. The highest BCUT2D eigenvalue weighted by Crippen LogP contribution is 2.45. The van der Waals surface area contributed by atoms with E-state index in [0.717, 1.165) is 22.3 Å². The number of thiophene rings is 1. The molecule has 2 aliphatic heterocycles. The molecule has 0 unspecified atom stereocenters. The fourth-order valence-electron chi connectivity index (χ4n) is 3.92. The Morgan fingerprint density at radius 2 is 2.12 bits per heavy atom. The van der Waals surface area contributed by atoms with Gasteiger partial charge in [0.15, 0.2) is 0 Å². The van der Waals surface area contributed by atoms with E-state index in [1.165, 1.54) is 15.6 Å². The van der Waals surface area contributed by atoms with Crippen LogP contribution in [0.3, 0.4) is 0 Å². The molecule has 25 heavy (non-hydrogen) atoms. The van der Waals surface area contributed by atoms with Gasteiger partial charge in [0.1, 0.15) is 21.9 Å². The highest BCUT2D eigenvalue weighted by Gasteiger charge is 2.59. The molecule has 4 rings (SSSR count). The van der Waals surface area contributed by atoms with E-state index in [0.29, 0.717) is 12.4 Å². The van der Waals surface area contributed by atoms with Gasteiger partial charge in [0.05, 0.1) is 11.6 Å². The molecular weight excluding hydrogens is 364 g/mol. The Kier molecular flexibility index (Phi) is 3.57. The maximum atomic E-state index is 12.1. The fraction of sp³-hybridized carbons (Fsp3) is 0.533. The lowest BCUT2D eigenvalue weighted by molar-refractivity contribution is -0.148. The number of anilines is 1. The Labute approximate surface area is 149 Å². The molecule has 2 atom stereocenters. The van der Waals surface area contributed by atoms with E-state index in [9.17, 15) is 18.3 Å². The molecule has 0 spiro atoms. The first-order valence-corrected chi connectivity index (χ1v) is 10.6. The second-order valence-electron chi connectivity index (χ2n) is 6.83. The van der Waals surface area contributed by atoms with Crippen LogP contribution in [-0.2, 0) is 14.8 Å². The predicted octanol–water partition coefficient (Wildman–Crippen LogP) is 0.782. The van der Waals surface area contributed by atoms with Crippen molar-refractivity contribution < 1.29 is 18.3 Å². The lowest BCUT2D eigenvalue weighted by Crippen LogP contribution is -2.42. The van der Waals surface area contributed by atoms with Crippen LogP contribution in [-0.4, -0.2) is 66.2 Å². The van der Waals surface area contributed by atoms with Gasteiger partial charge in [0.25, 0.3) is 0 Å². The zero-order valence-electron chi connectivity index (χ0n) is 13.8. The van der Waals surface area contributed by atoms with Crippen LogP contribution < -0.4 is 4.90 Å². The molecule has 2 aromatic rings. The molecule has 1 N–H and O–H groups in total. The van der Waals surface area contributed by atoms with Crippen LogP contribution in [0.5, 0.6) is 0 Å². The zero-order valence-corrected chi connectivity index (χ0v) is 15.5. The monoisotopic (exact) mass is 382 g/mol. The summed E-state index contributed by atoms with van der Waals surface area (Å²) in [6.45, 7) is 2.79. The second kappa shape index (κ2) is 5.36. The summed E-state index contributed by atoms with van der Waals surface area (Å²) >= 11 is 1.52. The molecule has 2 saturated heterocycles. The fourth-order valence-corrected chi connectivity index (χ4v) is 5.64. The van der Waals surface area contributed by atoms with Crippen LogP contribution >= 0.6 is 11.3 Å². The lowest BCUT2D eigenvalue weighted by Gasteiger charge is -2.25. The van der Waals surface area contributed by atoms with E-state index in [1.54, 1.807) is 0 Å². The summed E-state index contributed by atoms with van der Waals surface area (Å²) in [7, 11) is -3.40. The molecule has 0 aromatic carbocycles. The van der Waals surface area contributed by atoms with E-state index in [-0.39, 0.29) is 25.6 Å². The van der Waals surface area contributed by atoms with E-state index in [4.69, 9.17) is 0 Å². The van der Waals surface area contributed by atoms with Crippen molar-refractivity contribution >= 4 is 43.4 Å². The molecule has 134 valence electrons.